The van der Waals surface area contributed by atoms with E-state index in [2.05, 4.69) is 15.9 Å². The molecular weight excluding hydrogens is 284 g/mol. The van der Waals surface area contributed by atoms with Gasteiger partial charge in [-0.05, 0) is 45.0 Å². The standard InChI is InChI=1S/C13H13BrO3/c1-13(2,3)17-12(15)11-6-8-4-5-9(14)7-10(8)16-11/h4-7H,1-3H3. The van der Waals surface area contributed by atoms with Gasteiger partial charge in [0.2, 0.25) is 5.76 Å². The highest BCUT2D eigenvalue weighted by Gasteiger charge is 2.21. The topological polar surface area (TPSA) is 39.4 Å². The second-order valence-corrected chi connectivity index (χ2v) is 5.71. The van der Waals surface area contributed by atoms with Gasteiger partial charge in [-0.1, -0.05) is 15.9 Å². The van der Waals surface area contributed by atoms with Gasteiger partial charge >= 0.3 is 5.97 Å². The number of hydrogen-bond acceptors (Lipinski definition) is 3. The van der Waals surface area contributed by atoms with Crippen LogP contribution >= 0.6 is 15.9 Å². The SMILES string of the molecule is CC(C)(C)OC(=O)c1cc2ccc(Br)cc2o1. The zero-order valence-electron chi connectivity index (χ0n) is 9.91. The summed E-state index contributed by atoms with van der Waals surface area (Å²) in [5, 5.41) is 0.883. The molecule has 0 N–H and O–H groups in total. The summed E-state index contributed by atoms with van der Waals surface area (Å²) in [5.74, 6) is -0.210. The van der Waals surface area contributed by atoms with Crippen molar-refractivity contribution in [2.45, 2.75) is 26.4 Å². The van der Waals surface area contributed by atoms with E-state index in [1.165, 1.54) is 0 Å². The van der Waals surface area contributed by atoms with E-state index in [0.717, 1.165) is 9.86 Å². The average Bonchev–Trinajstić information content (AvgIpc) is 2.57. The lowest BCUT2D eigenvalue weighted by molar-refractivity contribution is 0.00382. The predicted octanol–water partition coefficient (Wildman–Crippen LogP) is 4.15. The van der Waals surface area contributed by atoms with E-state index < -0.39 is 11.6 Å². The van der Waals surface area contributed by atoms with Gasteiger partial charge in [0, 0.05) is 9.86 Å². The van der Waals surface area contributed by atoms with Crippen LogP contribution < -0.4 is 0 Å². The number of fused-ring (bicyclic) bond motifs is 1. The molecule has 1 heterocycles. The van der Waals surface area contributed by atoms with E-state index in [9.17, 15) is 4.79 Å². The smallest absolute Gasteiger partial charge is 0.374 e. The fraction of sp³-hybridized carbons (Fsp3) is 0.308. The second-order valence-electron chi connectivity index (χ2n) is 4.79. The number of hydrogen-bond donors (Lipinski definition) is 0. The fourth-order valence-electron chi connectivity index (χ4n) is 1.43. The Bertz CT molecular complexity index is 564. The Morgan fingerprint density at radius 2 is 2.00 bits per heavy atom. The number of halogens is 1. The molecule has 0 atom stereocenters. The number of ether oxygens (including phenoxy) is 1. The molecular formula is C13H13BrO3. The molecule has 0 saturated heterocycles. The summed E-state index contributed by atoms with van der Waals surface area (Å²) in [6, 6.07) is 7.30. The molecule has 2 rings (SSSR count). The van der Waals surface area contributed by atoms with Crippen molar-refractivity contribution in [1.29, 1.82) is 0 Å². The van der Waals surface area contributed by atoms with Crippen LogP contribution in [0.5, 0.6) is 0 Å². The largest absolute Gasteiger partial charge is 0.454 e. The van der Waals surface area contributed by atoms with Crippen LogP contribution in [0.15, 0.2) is 33.2 Å². The van der Waals surface area contributed by atoms with Crippen LogP contribution in [0, 0.1) is 0 Å². The molecule has 1 aromatic carbocycles. The number of esters is 1. The Morgan fingerprint density at radius 1 is 1.29 bits per heavy atom. The van der Waals surface area contributed by atoms with Gasteiger partial charge in [0.15, 0.2) is 0 Å². The minimum atomic E-state index is -0.517. The summed E-state index contributed by atoms with van der Waals surface area (Å²) >= 11 is 3.35. The summed E-state index contributed by atoms with van der Waals surface area (Å²) < 4.78 is 11.6. The first-order valence-electron chi connectivity index (χ1n) is 5.27. The van der Waals surface area contributed by atoms with Gasteiger partial charge in [-0.3, -0.25) is 0 Å². The zero-order valence-corrected chi connectivity index (χ0v) is 11.5. The summed E-state index contributed by atoms with van der Waals surface area (Å²) in [7, 11) is 0. The van der Waals surface area contributed by atoms with Crippen molar-refractivity contribution < 1.29 is 13.9 Å². The van der Waals surface area contributed by atoms with Crippen molar-refractivity contribution in [2.75, 3.05) is 0 Å². The molecule has 0 spiro atoms. The minimum absolute atomic E-state index is 0.230. The lowest BCUT2D eigenvalue weighted by Gasteiger charge is -2.18. The Kier molecular flexibility index (Phi) is 3.00. The van der Waals surface area contributed by atoms with Crippen LogP contribution in [0.3, 0.4) is 0 Å². The maximum absolute atomic E-state index is 11.8. The van der Waals surface area contributed by atoms with Crippen molar-refractivity contribution in [3.05, 3.63) is 34.5 Å². The zero-order chi connectivity index (χ0) is 12.6. The highest BCUT2D eigenvalue weighted by molar-refractivity contribution is 9.10. The number of carbonyl (C=O) groups is 1. The van der Waals surface area contributed by atoms with Crippen LogP contribution in [0.2, 0.25) is 0 Å². The van der Waals surface area contributed by atoms with E-state index in [1.807, 2.05) is 39.0 Å². The molecule has 90 valence electrons. The second kappa shape index (κ2) is 4.18. The first-order chi connectivity index (χ1) is 7.85. The Morgan fingerprint density at radius 3 is 2.65 bits per heavy atom. The number of rotatable bonds is 1. The maximum Gasteiger partial charge on any atom is 0.374 e. The molecule has 0 aliphatic carbocycles. The maximum atomic E-state index is 11.8. The van der Waals surface area contributed by atoms with Crippen LogP contribution in [0.25, 0.3) is 11.0 Å². The fourth-order valence-corrected chi connectivity index (χ4v) is 1.77. The van der Waals surface area contributed by atoms with Crippen molar-refractivity contribution in [1.82, 2.24) is 0 Å². The first-order valence-corrected chi connectivity index (χ1v) is 6.07. The van der Waals surface area contributed by atoms with Gasteiger partial charge in [0.1, 0.15) is 11.2 Å². The highest BCUT2D eigenvalue weighted by Crippen LogP contribution is 2.24. The Labute approximate surface area is 108 Å². The molecule has 3 nitrogen and oxygen atoms in total. The van der Waals surface area contributed by atoms with Crippen LogP contribution in [-0.4, -0.2) is 11.6 Å². The molecule has 0 fully saturated rings. The third-order valence-electron chi connectivity index (χ3n) is 2.08. The average molecular weight is 297 g/mol. The summed E-state index contributed by atoms with van der Waals surface area (Å²) in [5.41, 5.74) is 0.150. The van der Waals surface area contributed by atoms with Crippen molar-refractivity contribution in [3.8, 4) is 0 Å². The summed E-state index contributed by atoms with van der Waals surface area (Å²) in [6.45, 7) is 5.47. The molecule has 17 heavy (non-hydrogen) atoms. The van der Waals surface area contributed by atoms with E-state index in [1.54, 1.807) is 6.07 Å². The Balaban J connectivity index is 2.33. The molecule has 0 aliphatic rings. The third kappa shape index (κ3) is 2.88. The number of furan rings is 1. The number of carbonyl (C=O) groups excluding carboxylic acids is 1. The van der Waals surface area contributed by atoms with Crippen LogP contribution in [-0.2, 0) is 4.74 Å². The summed E-state index contributed by atoms with van der Waals surface area (Å²) in [6.07, 6.45) is 0. The quantitative estimate of drug-likeness (QED) is 0.742. The minimum Gasteiger partial charge on any atom is -0.454 e. The molecule has 2 aromatic rings. The molecule has 4 heteroatoms. The van der Waals surface area contributed by atoms with Gasteiger partial charge in [-0.15, -0.1) is 0 Å². The molecule has 0 amide bonds. The van der Waals surface area contributed by atoms with Crippen LogP contribution in [0.4, 0.5) is 0 Å². The predicted molar refractivity (Wildman–Crippen MR) is 69.1 cm³/mol. The lowest BCUT2D eigenvalue weighted by Crippen LogP contribution is -2.23. The van der Waals surface area contributed by atoms with Gasteiger partial charge in [-0.25, -0.2) is 4.79 Å². The molecule has 0 bridgehead atoms. The molecule has 0 radical (unpaired) electrons. The molecule has 1 aromatic heterocycles. The molecule has 0 unspecified atom stereocenters. The first kappa shape index (κ1) is 12.2. The monoisotopic (exact) mass is 296 g/mol. The van der Waals surface area contributed by atoms with Crippen LogP contribution in [0.1, 0.15) is 31.3 Å². The van der Waals surface area contributed by atoms with E-state index >= 15 is 0 Å². The lowest BCUT2D eigenvalue weighted by atomic mass is 10.2. The van der Waals surface area contributed by atoms with Crippen molar-refractivity contribution in [2.24, 2.45) is 0 Å². The third-order valence-corrected chi connectivity index (χ3v) is 2.58. The number of benzene rings is 1. The van der Waals surface area contributed by atoms with Gasteiger partial charge in [0.05, 0.1) is 0 Å². The van der Waals surface area contributed by atoms with Crippen molar-refractivity contribution in [3.63, 3.8) is 0 Å². The van der Waals surface area contributed by atoms with Gasteiger partial charge in [0.25, 0.3) is 0 Å². The molecule has 0 saturated carbocycles. The van der Waals surface area contributed by atoms with E-state index in [-0.39, 0.29) is 5.76 Å². The van der Waals surface area contributed by atoms with Gasteiger partial charge < -0.3 is 9.15 Å². The van der Waals surface area contributed by atoms with E-state index in [0.29, 0.717) is 5.58 Å². The molecule has 0 aliphatic heterocycles. The summed E-state index contributed by atoms with van der Waals surface area (Å²) in [4.78, 5) is 11.8. The van der Waals surface area contributed by atoms with Gasteiger partial charge in [-0.2, -0.15) is 0 Å². The highest BCUT2D eigenvalue weighted by atomic mass is 79.9. The normalized spacial score (nSPS) is 11.8. The Hall–Kier alpha value is -1.29. The van der Waals surface area contributed by atoms with Crippen molar-refractivity contribution >= 4 is 32.9 Å². The van der Waals surface area contributed by atoms with E-state index in [4.69, 9.17) is 9.15 Å².